The van der Waals surface area contributed by atoms with Gasteiger partial charge in [-0.15, -0.1) is 0 Å². The van der Waals surface area contributed by atoms with Crippen LogP contribution in [0.5, 0.6) is 0 Å². The molecule has 34 heavy (non-hydrogen) atoms. The fourth-order valence-corrected chi connectivity index (χ4v) is 4.36. The molecule has 1 aliphatic rings. The van der Waals surface area contributed by atoms with Crippen molar-refractivity contribution in [2.24, 2.45) is 0 Å². The Bertz CT molecular complexity index is 1180. The summed E-state index contributed by atoms with van der Waals surface area (Å²) in [5.41, 5.74) is 3.29. The summed E-state index contributed by atoms with van der Waals surface area (Å²) in [7, 11) is 0. The van der Waals surface area contributed by atoms with E-state index >= 15 is 0 Å². The molecule has 3 aromatic rings. The Labute approximate surface area is 209 Å². The van der Waals surface area contributed by atoms with E-state index in [2.05, 4.69) is 20.9 Å². The maximum absolute atomic E-state index is 13.3. The van der Waals surface area contributed by atoms with Crippen molar-refractivity contribution < 1.29 is 9.59 Å². The number of nitrogens with zero attached hydrogens (tertiary/aromatic N) is 1. The van der Waals surface area contributed by atoms with E-state index in [9.17, 15) is 9.59 Å². The van der Waals surface area contributed by atoms with E-state index in [1.807, 2.05) is 43.3 Å². The summed E-state index contributed by atoms with van der Waals surface area (Å²) in [5.74, 6) is -0.194. The summed E-state index contributed by atoms with van der Waals surface area (Å²) in [6.45, 7) is 3.75. The van der Waals surface area contributed by atoms with Crippen molar-refractivity contribution in [2.75, 3.05) is 28.6 Å². The number of nitrogens with one attached hydrogen (secondary N) is 3. The zero-order valence-electron chi connectivity index (χ0n) is 18.8. The van der Waals surface area contributed by atoms with E-state index in [-0.39, 0.29) is 17.0 Å². The van der Waals surface area contributed by atoms with Gasteiger partial charge in [0.1, 0.15) is 0 Å². The van der Waals surface area contributed by atoms with Gasteiger partial charge in [0, 0.05) is 24.5 Å². The molecular formula is C26H26Cl2N4O2. The van der Waals surface area contributed by atoms with E-state index in [4.69, 9.17) is 23.2 Å². The van der Waals surface area contributed by atoms with Gasteiger partial charge in [-0.3, -0.25) is 4.79 Å². The van der Waals surface area contributed by atoms with Crippen LogP contribution in [0.1, 0.15) is 41.7 Å². The molecule has 0 spiro atoms. The highest BCUT2D eigenvalue weighted by Gasteiger charge is 2.22. The van der Waals surface area contributed by atoms with Gasteiger partial charge < -0.3 is 20.9 Å². The fraction of sp³-hybridized carbons (Fsp3) is 0.231. The topological polar surface area (TPSA) is 73.5 Å². The molecule has 4 rings (SSSR count). The van der Waals surface area contributed by atoms with Gasteiger partial charge in [0.25, 0.3) is 5.91 Å². The van der Waals surface area contributed by atoms with Gasteiger partial charge in [-0.05, 0) is 55.7 Å². The minimum absolute atomic E-state index is 0.162. The Kier molecular flexibility index (Phi) is 7.60. The fourth-order valence-electron chi connectivity index (χ4n) is 4.01. The minimum Gasteiger partial charge on any atom is -0.371 e. The van der Waals surface area contributed by atoms with Crippen molar-refractivity contribution in [2.45, 2.75) is 25.8 Å². The summed E-state index contributed by atoms with van der Waals surface area (Å²) < 4.78 is 0. The molecule has 6 nitrogen and oxygen atoms in total. The average molecular weight is 497 g/mol. The van der Waals surface area contributed by atoms with Crippen molar-refractivity contribution in [3.63, 3.8) is 0 Å². The predicted molar refractivity (Wildman–Crippen MR) is 139 cm³/mol. The molecule has 3 aromatic carbocycles. The number of carbonyl (C=O) groups excluding carboxylic acids is 2. The highest BCUT2D eigenvalue weighted by molar-refractivity contribution is 6.44. The summed E-state index contributed by atoms with van der Waals surface area (Å²) in [6.07, 6.45) is 2.18. The van der Waals surface area contributed by atoms with E-state index < -0.39 is 6.03 Å². The number of amides is 3. The number of urea groups is 1. The van der Waals surface area contributed by atoms with Crippen molar-refractivity contribution in [1.29, 1.82) is 0 Å². The monoisotopic (exact) mass is 496 g/mol. The molecule has 1 aliphatic heterocycles. The Hall–Kier alpha value is -3.22. The standard InChI is InChI=1S/C26H26Cl2N4O2/c1-17(18-8-3-2-4-9-18)29-25(33)20-16-19(12-13-23(20)32-14-5-6-15-32)30-26(34)31-22-11-7-10-21(27)24(22)28/h2-4,7-13,16-17H,5-6,14-15H2,1H3,(H,29,33)(H2,30,31,34). The number of rotatable bonds is 6. The van der Waals surface area contributed by atoms with Crippen LogP contribution in [0, 0.1) is 0 Å². The molecular weight excluding hydrogens is 471 g/mol. The smallest absolute Gasteiger partial charge is 0.323 e. The lowest BCUT2D eigenvalue weighted by Crippen LogP contribution is -2.30. The Morgan fingerprint density at radius 2 is 1.65 bits per heavy atom. The van der Waals surface area contributed by atoms with E-state index in [0.717, 1.165) is 37.2 Å². The average Bonchev–Trinajstić information content (AvgIpc) is 3.37. The van der Waals surface area contributed by atoms with Gasteiger partial charge in [0.05, 0.1) is 27.3 Å². The first-order chi connectivity index (χ1) is 16.4. The van der Waals surface area contributed by atoms with Crippen LogP contribution >= 0.6 is 23.2 Å². The lowest BCUT2D eigenvalue weighted by molar-refractivity contribution is 0.0940. The van der Waals surface area contributed by atoms with Gasteiger partial charge in [0.2, 0.25) is 0 Å². The SMILES string of the molecule is CC(NC(=O)c1cc(NC(=O)Nc2cccc(Cl)c2Cl)ccc1N1CCCC1)c1ccccc1. The second-order valence-corrected chi connectivity index (χ2v) is 9.00. The van der Waals surface area contributed by atoms with Gasteiger partial charge >= 0.3 is 6.03 Å². The summed E-state index contributed by atoms with van der Waals surface area (Å²) in [4.78, 5) is 28.1. The zero-order valence-corrected chi connectivity index (χ0v) is 20.3. The lowest BCUT2D eigenvalue weighted by Gasteiger charge is -2.23. The summed E-state index contributed by atoms with van der Waals surface area (Å²) in [6, 6.07) is 19.5. The van der Waals surface area contributed by atoms with Gasteiger partial charge in [-0.2, -0.15) is 0 Å². The van der Waals surface area contributed by atoms with Crippen molar-refractivity contribution >= 4 is 52.2 Å². The number of hydrogen-bond acceptors (Lipinski definition) is 3. The third kappa shape index (κ3) is 5.64. The molecule has 8 heteroatoms. The van der Waals surface area contributed by atoms with Gasteiger partial charge in [-0.1, -0.05) is 59.6 Å². The molecule has 3 N–H and O–H groups in total. The molecule has 0 bridgehead atoms. The van der Waals surface area contributed by atoms with Crippen LogP contribution in [-0.2, 0) is 0 Å². The second kappa shape index (κ2) is 10.8. The highest BCUT2D eigenvalue weighted by Crippen LogP contribution is 2.31. The highest BCUT2D eigenvalue weighted by atomic mass is 35.5. The predicted octanol–water partition coefficient (Wildman–Crippen LogP) is 6.73. The largest absolute Gasteiger partial charge is 0.371 e. The number of anilines is 3. The van der Waals surface area contributed by atoms with Crippen LogP contribution in [0.25, 0.3) is 0 Å². The van der Waals surface area contributed by atoms with Crippen molar-refractivity contribution in [3.05, 3.63) is 87.9 Å². The van der Waals surface area contributed by atoms with Crippen LogP contribution in [0.3, 0.4) is 0 Å². The lowest BCUT2D eigenvalue weighted by atomic mass is 10.1. The molecule has 0 saturated carbocycles. The number of hydrogen-bond donors (Lipinski definition) is 3. The van der Waals surface area contributed by atoms with E-state index in [1.54, 1.807) is 30.3 Å². The molecule has 0 radical (unpaired) electrons. The Balaban J connectivity index is 1.54. The van der Waals surface area contributed by atoms with Gasteiger partial charge in [-0.25, -0.2) is 4.79 Å². The molecule has 1 atom stereocenters. The van der Waals surface area contributed by atoms with E-state index in [1.165, 1.54) is 0 Å². The number of halogens is 2. The van der Waals surface area contributed by atoms with Crippen molar-refractivity contribution in [1.82, 2.24) is 5.32 Å². The molecule has 0 aliphatic carbocycles. The number of carbonyl (C=O) groups is 2. The Morgan fingerprint density at radius 3 is 2.38 bits per heavy atom. The van der Waals surface area contributed by atoms with Crippen LogP contribution < -0.4 is 20.9 Å². The maximum Gasteiger partial charge on any atom is 0.323 e. The molecule has 1 saturated heterocycles. The molecule has 0 aromatic heterocycles. The number of benzene rings is 3. The van der Waals surface area contributed by atoms with Gasteiger partial charge in [0.15, 0.2) is 0 Å². The normalized spacial score (nSPS) is 13.9. The van der Waals surface area contributed by atoms with Crippen LogP contribution in [0.15, 0.2) is 66.7 Å². The summed E-state index contributed by atoms with van der Waals surface area (Å²) >= 11 is 12.2. The zero-order chi connectivity index (χ0) is 24.1. The maximum atomic E-state index is 13.3. The third-order valence-electron chi connectivity index (χ3n) is 5.79. The molecule has 1 unspecified atom stereocenters. The molecule has 1 fully saturated rings. The van der Waals surface area contributed by atoms with E-state index in [0.29, 0.717) is 22.0 Å². The molecule has 176 valence electrons. The Morgan fingerprint density at radius 1 is 0.912 bits per heavy atom. The quantitative estimate of drug-likeness (QED) is 0.354. The first kappa shape index (κ1) is 23.9. The molecule has 1 heterocycles. The summed E-state index contributed by atoms with van der Waals surface area (Å²) in [5, 5.41) is 9.17. The van der Waals surface area contributed by atoms with Crippen LogP contribution in [0.2, 0.25) is 10.0 Å². The first-order valence-electron chi connectivity index (χ1n) is 11.2. The second-order valence-electron chi connectivity index (χ2n) is 8.21. The third-order valence-corrected chi connectivity index (χ3v) is 6.61. The minimum atomic E-state index is -0.484. The van der Waals surface area contributed by atoms with Crippen molar-refractivity contribution in [3.8, 4) is 0 Å². The van der Waals surface area contributed by atoms with Crippen LogP contribution in [-0.4, -0.2) is 25.0 Å². The van der Waals surface area contributed by atoms with Crippen LogP contribution in [0.4, 0.5) is 21.9 Å². The molecule has 3 amide bonds. The first-order valence-corrected chi connectivity index (χ1v) is 11.9.